The van der Waals surface area contributed by atoms with Crippen molar-refractivity contribution in [1.82, 2.24) is 5.32 Å². The fourth-order valence-electron chi connectivity index (χ4n) is 4.18. The summed E-state index contributed by atoms with van der Waals surface area (Å²) in [5.41, 5.74) is 1.58. The van der Waals surface area contributed by atoms with E-state index in [1.165, 1.54) is 9.80 Å². The summed E-state index contributed by atoms with van der Waals surface area (Å²) in [5.74, 6) is -0.956. The fourth-order valence-corrected chi connectivity index (χ4v) is 4.18. The number of rotatable bonds is 4. The van der Waals surface area contributed by atoms with Gasteiger partial charge in [-0.25, -0.2) is 4.79 Å². The first-order valence-electron chi connectivity index (χ1n) is 12.4. The monoisotopic (exact) mass is 507 g/mol. The molecule has 0 aliphatic carbocycles. The number of nitrogens with zero attached hydrogens (tertiary/aromatic N) is 2. The molecule has 2 aromatic carbocycles. The second-order valence-corrected chi connectivity index (χ2v) is 11.5. The molecule has 3 amide bonds. The minimum absolute atomic E-state index is 0.0979. The van der Waals surface area contributed by atoms with Gasteiger partial charge in [0.2, 0.25) is 5.91 Å². The molecule has 3 rings (SSSR count). The summed E-state index contributed by atoms with van der Waals surface area (Å²) >= 11 is 0. The van der Waals surface area contributed by atoms with Gasteiger partial charge in [0.15, 0.2) is 5.78 Å². The number of carbonyl (C=O) groups is 4. The quantitative estimate of drug-likeness (QED) is 0.600. The molecule has 0 saturated heterocycles. The minimum Gasteiger partial charge on any atom is -0.444 e. The van der Waals surface area contributed by atoms with Crippen LogP contribution in [0.5, 0.6) is 0 Å². The van der Waals surface area contributed by atoms with Gasteiger partial charge in [-0.3, -0.25) is 14.4 Å². The second kappa shape index (κ2) is 10.4. The highest BCUT2D eigenvalue weighted by Gasteiger charge is 2.40. The number of fused-ring (bicyclic) bond motifs is 1. The molecular weight excluding hydrogens is 470 g/mol. The van der Waals surface area contributed by atoms with Crippen LogP contribution >= 0.6 is 0 Å². The van der Waals surface area contributed by atoms with Crippen LogP contribution in [0.25, 0.3) is 0 Å². The number of ketones is 1. The molecule has 2 aromatic rings. The van der Waals surface area contributed by atoms with Gasteiger partial charge in [0.25, 0.3) is 5.91 Å². The maximum atomic E-state index is 14.0. The van der Waals surface area contributed by atoms with Gasteiger partial charge >= 0.3 is 6.09 Å². The van der Waals surface area contributed by atoms with Gasteiger partial charge in [0.1, 0.15) is 11.6 Å². The zero-order chi connectivity index (χ0) is 27.7. The lowest BCUT2D eigenvalue weighted by Crippen LogP contribution is -2.55. The number of carbonyl (C=O) groups excluding carboxylic acids is 4. The molecular formula is C29H37N3O5. The van der Waals surface area contributed by atoms with Crippen molar-refractivity contribution in [3.63, 3.8) is 0 Å². The lowest BCUT2D eigenvalue weighted by molar-refractivity contribution is -0.126. The van der Waals surface area contributed by atoms with Gasteiger partial charge in [0.05, 0.1) is 24.5 Å². The van der Waals surface area contributed by atoms with Crippen LogP contribution < -0.4 is 15.1 Å². The minimum atomic E-state index is -1.13. The van der Waals surface area contributed by atoms with Gasteiger partial charge in [0, 0.05) is 11.0 Å². The maximum absolute atomic E-state index is 14.0. The molecule has 0 radical (unpaired) electrons. The van der Waals surface area contributed by atoms with E-state index in [9.17, 15) is 19.2 Å². The summed E-state index contributed by atoms with van der Waals surface area (Å²) in [4.78, 5) is 56.5. The Hall–Kier alpha value is -3.68. The van der Waals surface area contributed by atoms with E-state index >= 15 is 0 Å². The van der Waals surface area contributed by atoms with Crippen molar-refractivity contribution in [3.05, 3.63) is 59.2 Å². The number of anilines is 2. The summed E-state index contributed by atoms with van der Waals surface area (Å²) in [5, 5.41) is 2.65. The van der Waals surface area contributed by atoms with Crippen molar-refractivity contribution in [2.75, 3.05) is 22.9 Å². The number of alkyl carbamates (subject to hydrolysis) is 1. The second-order valence-electron chi connectivity index (χ2n) is 11.5. The molecule has 0 saturated carbocycles. The van der Waals surface area contributed by atoms with E-state index in [0.717, 1.165) is 11.1 Å². The Bertz CT molecular complexity index is 1220. The number of hydrogen-bond donors (Lipinski definition) is 1. The van der Waals surface area contributed by atoms with Crippen LogP contribution in [-0.2, 0) is 14.3 Å². The van der Waals surface area contributed by atoms with Crippen LogP contribution in [0.4, 0.5) is 16.2 Å². The van der Waals surface area contributed by atoms with Crippen molar-refractivity contribution in [1.29, 1.82) is 0 Å². The maximum Gasteiger partial charge on any atom is 0.408 e. The fraction of sp³-hybridized carbons (Fsp3) is 0.448. The Morgan fingerprint density at radius 3 is 2.22 bits per heavy atom. The molecule has 8 heteroatoms. The summed E-state index contributed by atoms with van der Waals surface area (Å²) in [6.07, 6.45) is -0.777. The zero-order valence-electron chi connectivity index (χ0n) is 23.0. The smallest absolute Gasteiger partial charge is 0.408 e. The third-order valence-electron chi connectivity index (χ3n) is 5.97. The van der Waals surface area contributed by atoms with Crippen molar-refractivity contribution < 1.29 is 23.9 Å². The number of aryl methyl sites for hydroxylation is 2. The number of benzene rings is 2. The molecule has 1 aliphatic heterocycles. The van der Waals surface area contributed by atoms with Gasteiger partial charge in [-0.2, -0.15) is 0 Å². The average molecular weight is 508 g/mol. The Labute approximate surface area is 219 Å². The predicted molar refractivity (Wildman–Crippen MR) is 144 cm³/mol. The van der Waals surface area contributed by atoms with Crippen LogP contribution in [0.15, 0.2) is 42.5 Å². The lowest BCUT2D eigenvalue weighted by atomic mass is 9.94. The Morgan fingerprint density at radius 1 is 0.973 bits per heavy atom. The van der Waals surface area contributed by atoms with Crippen LogP contribution in [0.3, 0.4) is 0 Å². The van der Waals surface area contributed by atoms with Crippen LogP contribution in [-0.4, -0.2) is 48.4 Å². The van der Waals surface area contributed by atoms with Crippen molar-refractivity contribution in [3.8, 4) is 0 Å². The van der Waals surface area contributed by atoms with Gasteiger partial charge in [-0.1, -0.05) is 51.1 Å². The van der Waals surface area contributed by atoms with E-state index < -0.39 is 29.1 Å². The highest BCUT2D eigenvalue weighted by Crippen LogP contribution is 2.36. The van der Waals surface area contributed by atoms with Gasteiger partial charge < -0.3 is 19.9 Å². The topological polar surface area (TPSA) is 96.0 Å². The third-order valence-corrected chi connectivity index (χ3v) is 5.97. The van der Waals surface area contributed by atoms with Crippen molar-refractivity contribution in [2.45, 2.75) is 67.0 Å². The van der Waals surface area contributed by atoms with Gasteiger partial charge in [-0.05, 0) is 57.9 Å². The van der Waals surface area contributed by atoms with Crippen LogP contribution in [0.1, 0.15) is 63.0 Å². The largest absolute Gasteiger partial charge is 0.444 e. The number of nitrogens with one attached hydrogen (secondary N) is 1. The number of amides is 3. The number of Topliss-reactive ketones (excluding diaryl/α,β-unsaturated/α-hetero) is 1. The number of hydrogen-bond acceptors (Lipinski definition) is 5. The molecule has 37 heavy (non-hydrogen) atoms. The van der Waals surface area contributed by atoms with E-state index in [1.807, 2.05) is 32.0 Å². The standard InChI is InChI=1S/C29H37N3O5/c1-18-13-14-22-23(15-18)31(17-24(33)20-12-10-9-11-19(20)2)25(34)21(30-27(36)37-29(6,7)8)16-32(22)26(35)28(3,4)5/h9-15,21H,16-17H2,1-8H3,(H,30,36). The normalized spacial score (nSPS) is 16.1. The Morgan fingerprint density at radius 2 is 1.62 bits per heavy atom. The molecule has 0 spiro atoms. The summed E-state index contributed by atoms with van der Waals surface area (Å²) in [6.45, 7) is 13.9. The van der Waals surface area contributed by atoms with E-state index in [1.54, 1.807) is 65.8 Å². The molecule has 0 aromatic heterocycles. The highest BCUT2D eigenvalue weighted by atomic mass is 16.6. The van der Waals surface area contributed by atoms with E-state index in [0.29, 0.717) is 16.9 Å². The van der Waals surface area contributed by atoms with Crippen LogP contribution in [0, 0.1) is 19.3 Å². The molecule has 1 atom stereocenters. The zero-order valence-corrected chi connectivity index (χ0v) is 23.0. The van der Waals surface area contributed by atoms with E-state index in [-0.39, 0.29) is 24.8 Å². The summed E-state index contributed by atoms with van der Waals surface area (Å²) in [6, 6.07) is 11.5. The molecule has 198 valence electrons. The summed E-state index contributed by atoms with van der Waals surface area (Å²) < 4.78 is 5.40. The molecule has 1 heterocycles. The third kappa shape index (κ3) is 6.56. The van der Waals surface area contributed by atoms with Gasteiger partial charge in [-0.15, -0.1) is 0 Å². The Balaban J connectivity index is 2.12. The average Bonchev–Trinajstić information content (AvgIpc) is 2.87. The molecule has 0 bridgehead atoms. The predicted octanol–water partition coefficient (Wildman–Crippen LogP) is 4.81. The molecule has 0 fully saturated rings. The van der Waals surface area contributed by atoms with E-state index in [4.69, 9.17) is 4.74 Å². The molecule has 1 aliphatic rings. The van der Waals surface area contributed by atoms with E-state index in [2.05, 4.69) is 5.32 Å². The number of ether oxygens (including phenoxy) is 1. The first-order valence-corrected chi connectivity index (χ1v) is 12.4. The highest BCUT2D eigenvalue weighted by molar-refractivity contribution is 6.13. The molecule has 8 nitrogen and oxygen atoms in total. The van der Waals surface area contributed by atoms with Crippen molar-refractivity contribution in [2.24, 2.45) is 5.41 Å². The first-order chi connectivity index (χ1) is 17.1. The van der Waals surface area contributed by atoms with Crippen molar-refractivity contribution >= 4 is 35.1 Å². The lowest BCUT2D eigenvalue weighted by Gasteiger charge is -2.31. The summed E-state index contributed by atoms with van der Waals surface area (Å²) in [7, 11) is 0. The Kier molecular flexibility index (Phi) is 7.81. The SMILES string of the molecule is Cc1ccc2c(c1)N(CC(=O)c1ccccc1C)C(=O)C(NC(=O)OC(C)(C)C)CN2C(=O)C(C)(C)C. The molecule has 1 unspecified atom stereocenters. The molecule has 1 N–H and O–H groups in total. The van der Waals surface area contributed by atoms with Crippen LogP contribution in [0.2, 0.25) is 0 Å². The first kappa shape index (κ1) is 27.9.